The lowest BCUT2D eigenvalue weighted by Crippen LogP contribution is -2.34. The zero-order valence-electron chi connectivity index (χ0n) is 12.3. The van der Waals surface area contributed by atoms with Crippen LogP contribution < -0.4 is 0 Å². The predicted molar refractivity (Wildman–Crippen MR) is 82.1 cm³/mol. The van der Waals surface area contributed by atoms with Crippen LogP contribution in [0.25, 0.3) is 5.69 Å². The van der Waals surface area contributed by atoms with Crippen molar-refractivity contribution in [2.45, 2.75) is 19.8 Å². The number of aliphatic hydroxyl groups is 1. The number of benzene rings is 1. The number of rotatable bonds is 7. The summed E-state index contributed by atoms with van der Waals surface area (Å²) in [5.74, 6) is -0.184. The van der Waals surface area contributed by atoms with Gasteiger partial charge < -0.3 is 10.0 Å². The number of amides is 1. The number of halogens is 1. The third-order valence-electron chi connectivity index (χ3n) is 3.24. The molecule has 1 amide bonds. The fraction of sp³-hybridized carbons (Fsp3) is 0.429. The van der Waals surface area contributed by atoms with Crippen LogP contribution in [0.4, 0.5) is 0 Å². The Morgan fingerprint density at radius 1 is 1.41 bits per heavy atom. The number of aliphatic hydroxyl groups excluding tert-OH is 1. The van der Waals surface area contributed by atoms with Gasteiger partial charge in [-0.05, 0) is 35.0 Å². The number of hydrogen-bond donors (Lipinski definition) is 1. The summed E-state index contributed by atoms with van der Waals surface area (Å²) in [6, 6.07) is 5.02. The smallest absolute Gasteiger partial charge is 0.255 e. The fourth-order valence-electron chi connectivity index (χ4n) is 2.05. The Balaban J connectivity index is 2.21. The summed E-state index contributed by atoms with van der Waals surface area (Å²) in [7, 11) is 0. The van der Waals surface area contributed by atoms with Gasteiger partial charge >= 0.3 is 0 Å². The first kappa shape index (κ1) is 16.4. The van der Waals surface area contributed by atoms with Gasteiger partial charge in [0.1, 0.15) is 6.33 Å². The molecule has 8 heteroatoms. The van der Waals surface area contributed by atoms with Crippen molar-refractivity contribution >= 4 is 17.5 Å². The van der Waals surface area contributed by atoms with E-state index < -0.39 is 0 Å². The van der Waals surface area contributed by atoms with Crippen LogP contribution in [0.15, 0.2) is 24.5 Å². The Labute approximate surface area is 133 Å². The molecule has 1 aromatic heterocycles. The average molecular weight is 324 g/mol. The minimum absolute atomic E-state index is 0.0736. The molecule has 7 nitrogen and oxygen atoms in total. The molecular formula is C14H18ClN5O2. The number of nitrogens with zero attached hydrogens (tertiary/aromatic N) is 5. The molecule has 0 atom stereocenters. The van der Waals surface area contributed by atoms with Gasteiger partial charge in [-0.25, -0.2) is 4.68 Å². The highest BCUT2D eigenvalue weighted by molar-refractivity contribution is 6.34. The summed E-state index contributed by atoms with van der Waals surface area (Å²) < 4.78 is 1.46. The molecule has 0 saturated heterocycles. The van der Waals surface area contributed by atoms with Crippen molar-refractivity contribution in [1.29, 1.82) is 0 Å². The zero-order valence-corrected chi connectivity index (χ0v) is 13.1. The molecule has 0 aliphatic heterocycles. The maximum atomic E-state index is 12.5. The van der Waals surface area contributed by atoms with Crippen LogP contribution in [-0.2, 0) is 0 Å². The Kier molecular flexibility index (Phi) is 5.85. The number of hydrogen-bond acceptors (Lipinski definition) is 5. The van der Waals surface area contributed by atoms with E-state index in [1.54, 1.807) is 23.1 Å². The lowest BCUT2D eigenvalue weighted by Gasteiger charge is -2.22. The second-order valence-corrected chi connectivity index (χ2v) is 5.20. The van der Waals surface area contributed by atoms with Gasteiger partial charge in [-0.1, -0.05) is 24.9 Å². The largest absolute Gasteiger partial charge is 0.395 e. The fourth-order valence-corrected chi connectivity index (χ4v) is 2.31. The summed E-state index contributed by atoms with van der Waals surface area (Å²) in [4.78, 5) is 14.2. The first-order chi connectivity index (χ1) is 10.7. The lowest BCUT2D eigenvalue weighted by atomic mass is 10.1. The number of carbonyl (C=O) groups excluding carboxylic acids is 1. The van der Waals surface area contributed by atoms with Gasteiger partial charge in [0.2, 0.25) is 0 Å². The van der Waals surface area contributed by atoms with Crippen LogP contribution in [0, 0.1) is 0 Å². The zero-order chi connectivity index (χ0) is 15.9. The third kappa shape index (κ3) is 3.80. The van der Waals surface area contributed by atoms with Gasteiger partial charge in [0.25, 0.3) is 5.91 Å². The Morgan fingerprint density at radius 3 is 2.82 bits per heavy atom. The van der Waals surface area contributed by atoms with Gasteiger partial charge in [0.05, 0.1) is 22.9 Å². The monoisotopic (exact) mass is 323 g/mol. The standard InChI is InChI=1S/C14H18ClN5O2/c1-2-3-6-19(7-8-21)14(22)12-5-4-11(9-13(12)15)20-10-16-17-18-20/h4-5,9-10,21H,2-3,6-8H2,1H3. The first-order valence-electron chi connectivity index (χ1n) is 7.10. The summed E-state index contributed by atoms with van der Waals surface area (Å²) >= 11 is 6.23. The topological polar surface area (TPSA) is 84.1 Å². The highest BCUT2D eigenvalue weighted by atomic mass is 35.5. The van der Waals surface area contributed by atoms with Crippen LogP contribution in [-0.4, -0.2) is 55.8 Å². The van der Waals surface area contributed by atoms with Crippen molar-refractivity contribution in [2.75, 3.05) is 19.7 Å². The van der Waals surface area contributed by atoms with Crippen molar-refractivity contribution in [3.05, 3.63) is 35.1 Å². The molecule has 2 rings (SSSR count). The van der Waals surface area contributed by atoms with Crippen LogP contribution in [0.2, 0.25) is 5.02 Å². The van der Waals surface area contributed by atoms with Gasteiger partial charge in [0, 0.05) is 13.1 Å². The molecule has 0 fully saturated rings. The van der Waals surface area contributed by atoms with Crippen molar-refractivity contribution in [3.8, 4) is 5.69 Å². The summed E-state index contributed by atoms with van der Waals surface area (Å²) in [6.45, 7) is 2.87. The average Bonchev–Trinajstić information content (AvgIpc) is 3.05. The van der Waals surface area contributed by atoms with E-state index in [0.29, 0.717) is 29.4 Å². The molecule has 118 valence electrons. The second-order valence-electron chi connectivity index (χ2n) is 4.79. The molecular weight excluding hydrogens is 306 g/mol. The SMILES string of the molecule is CCCCN(CCO)C(=O)c1ccc(-n2cnnn2)cc1Cl. The number of tetrazole rings is 1. The minimum Gasteiger partial charge on any atom is -0.395 e. The number of unbranched alkanes of at least 4 members (excludes halogenated alkanes) is 1. The number of aromatic nitrogens is 4. The molecule has 0 radical (unpaired) electrons. The van der Waals surface area contributed by atoms with Crippen LogP contribution in [0.5, 0.6) is 0 Å². The predicted octanol–water partition coefficient (Wildman–Crippen LogP) is 1.55. The van der Waals surface area contributed by atoms with Crippen molar-refractivity contribution in [2.24, 2.45) is 0 Å². The molecule has 1 aromatic carbocycles. The van der Waals surface area contributed by atoms with Crippen molar-refractivity contribution < 1.29 is 9.90 Å². The molecule has 0 spiro atoms. The van der Waals surface area contributed by atoms with E-state index in [9.17, 15) is 4.79 Å². The quantitative estimate of drug-likeness (QED) is 0.835. The highest BCUT2D eigenvalue weighted by Crippen LogP contribution is 2.21. The molecule has 22 heavy (non-hydrogen) atoms. The molecule has 0 saturated carbocycles. The third-order valence-corrected chi connectivity index (χ3v) is 3.55. The normalized spacial score (nSPS) is 10.7. The van der Waals surface area contributed by atoms with Crippen LogP contribution in [0.1, 0.15) is 30.1 Å². The maximum absolute atomic E-state index is 12.5. The Morgan fingerprint density at radius 2 is 2.23 bits per heavy atom. The van der Waals surface area contributed by atoms with Gasteiger partial charge in [-0.2, -0.15) is 0 Å². The van der Waals surface area contributed by atoms with E-state index in [0.717, 1.165) is 12.8 Å². The van der Waals surface area contributed by atoms with E-state index in [2.05, 4.69) is 22.4 Å². The summed E-state index contributed by atoms with van der Waals surface area (Å²) in [5, 5.41) is 20.3. The highest BCUT2D eigenvalue weighted by Gasteiger charge is 2.18. The molecule has 0 aliphatic rings. The molecule has 0 aliphatic carbocycles. The summed E-state index contributed by atoms with van der Waals surface area (Å²) in [5.41, 5.74) is 1.08. The van der Waals surface area contributed by atoms with Gasteiger partial charge in [-0.3, -0.25) is 4.79 Å². The second kappa shape index (κ2) is 7.86. The minimum atomic E-state index is -0.184. The molecule has 2 aromatic rings. The van der Waals surface area contributed by atoms with Gasteiger partial charge in [0.15, 0.2) is 0 Å². The van der Waals surface area contributed by atoms with Crippen LogP contribution >= 0.6 is 11.6 Å². The molecule has 0 bridgehead atoms. The van der Waals surface area contributed by atoms with Crippen LogP contribution in [0.3, 0.4) is 0 Å². The Hall–Kier alpha value is -1.99. The van der Waals surface area contributed by atoms with Crippen molar-refractivity contribution in [3.63, 3.8) is 0 Å². The van der Waals surface area contributed by atoms with E-state index in [4.69, 9.17) is 16.7 Å². The van der Waals surface area contributed by atoms with E-state index in [-0.39, 0.29) is 12.5 Å². The first-order valence-corrected chi connectivity index (χ1v) is 7.48. The molecule has 1 N–H and O–H groups in total. The number of carbonyl (C=O) groups is 1. The Bertz CT molecular complexity index is 618. The maximum Gasteiger partial charge on any atom is 0.255 e. The van der Waals surface area contributed by atoms with E-state index >= 15 is 0 Å². The lowest BCUT2D eigenvalue weighted by molar-refractivity contribution is 0.0719. The van der Waals surface area contributed by atoms with Gasteiger partial charge in [-0.15, -0.1) is 5.10 Å². The summed E-state index contributed by atoms with van der Waals surface area (Å²) in [6.07, 6.45) is 3.31. The van der Waals surface area contributed by atoms with E-state index in [1.165, 1.54) is 11.0 Å². The molecule has 0 unspecified atom stereocenters. The molecule has 1 heterocycles. The van der Waals surface area contributed by atoms with Crippen molar-refractivity contribution in [1.82, 2.24) is 25.1 Å². The van der Waals surface area contributed by atoms with E-state index in [1.807, 2.05) is 0 Å².